The highest BCUT2D eigenvalue weighted by Gasteiger charge is 2.09. The van der Waals surface area contributed by atoms with Gasteiger partial charge in [0.15, 0.2) is 0 Å². The van der Waals surface area contributed by atoms with E-state index >= 15 is 0 Å². The van der Waals surface area contributed by atoms with Crippen LogP contribution in [0.15, 0.2) is 22.8 Å². The minimum Gasteiger partial charge on any atom is -0.308 e. The quantitative estimate of drug-likeness (QED) is 0.843. The Balaban J connectivity index is 2.40. The molecule has 0 aliphatic carbocycles. The molecule has 0 aliphatic heterocycles. The molecular weight excluding hydrogens is 275 g/mol. The van der Waals surface area contributed by atoms with E-state index in [9.17, 15) is 0 Å². The van der Waals surface area contributed by atoms with Gasteiger partial charge in [0.1, 0.15) is 0 Å². The molecule has 0 bridgehead atoms. The van der Waals surface area contributed by atoms with Crippen LogP contribution in [0, 0.1) is 5.92 Å². The predicted molar refractivity (Wildman–Crippen MR) is 68.1 cm³/mol. The average Bonchev–Trinajstić information content (AvgIpc) is 2.26. The molecule has 1 rings (SSSR count). The number of hydrogen-bond acceptors (Lipinski definition) is 2. The number of aromatic nitrogens is 1. The minimum atomic E-state index is 0.410. The highest BCUT2D eigenvalue weighted by Crippen LogP contribution is 2.08. The zero-order valence-corrected chi connectivity index (χ0v) is 11.3. The van der Waals surface area contributed by atoms with Crippen molar-refractivity contribution in [3.63, 3.8) is 0 Å². The molecule has 0 amide bonds. The average molecular weight is 292 g/mol. The first-order valence-electron chi connectivity index (χ1n) is 5.03. The van der Waals surface area contributed by atoms with Gasteiger partial charge in [0, 0.05) is 29.1 Å². The molecule has 0 aliphatic rings. The number of halogens is 2. The molecule has 1 heterocycles. The van der Waals surface area contributed by atoms with Gasteiger partial charge in [-0.3, -0.25) is 4.98 Å². The van der Waals surface area contributed by atoms with E-state index in [1.807, 2.05) is 18.3 Å². The maximum absolute atomic E-state index is 5.79. The summed E-state index contributed by atoms with van der Waals surface area (Å²) in [6, 6.07) is 4.42. The van der Waals surface area contributed by atoms with Gasteiger partial charge in [0.2, 0.25) is 0 Å². The lowest BCUT2D eigenvalue weighted by atomic mass is 10.1. The SMILES string of the molecule is CC(CCl)C(C)NCc1ccc(Br)cn1. The number of rotatable bonds is 5. The van der Waals surface area contributed by atoms with Crippen LogP contribution in [-0.4, -0.2) is 16.9 Å². The second kappa shape index (κ2) is 6.46. The van der Waals surface area contributed by atoms with Gasteiger partial charge in [0.25, 0.3) is 0 Å². The molecule has 2 unspecified atom stereocenters. The van der Waals surface area contributed by atoms with Crippen molar-refractivity contribution in [2.24, 2.45) is 5.92 Å². The number of pyridine rings is 1. The summed E-state index contributed by atoms with van der Waals surface area (Å²) in [6.07, 6.45) is 1.81. The Morgan fingerprint density at radius 2 is 2.20 bits per heavy atom. The van der Waals surface area contributed by atoms with Gasteiger partial charge in [0.05, 0.1) is 5.69 Å². The van der Waals surface area contributed by atoms with E-state index in [1.165, 1.54) is 0 Å². The lowest BCUT2D eigenvalue weighted by Gasteiger charge is -2.18. The first-order chi connectivity index (χ1) is 7.13. The Morgan fingerprint density at radius 3 is 2.73 bits per heavy atom. The largest absolute Gasteiger partial charge is 0.308 e. The topological polar surface area (TPSA) is 24.9 Å². The summed E-state index contributed by atoms with van der Waals surface area (Å²) < 4.78 is 1.01. The third-order valence-electron chi connectivity index (χ3n) is 2.49. The van der Waals surface area contributed by atoms with Crippen LogP contribution in [0.4, 0.5) is 0 Å². The van der Waals surface area contributed by atoms with E-state index in [1.54, 1.807) is 0 Å². The van der Waals surface area contributed by atoms with Gasteiger partial charge in [-0.05, 0) is 40.9 Å². The van der Waals surface area contributed by atoms with Crippen molar-refractivity contribution in [3.05, 3.63) is 28.5 Å². The minimum absolute atomic E-state index is 0.410. The van der Waals surface area contributed by atoms with Crippen molar-refractivity contribution in [2.45, 2.75) is 26.4 Å². The fraction of sp³-hybridized carbons (Fsp3) is 0.545. The van der Waals surface area contributed by atoms with E-state index in [2.05, 4.69) is 40.1 Å². The molecule has 0 fully saturated rings. The van der Waals surface area contributed by atoms with Gasteiger partial charge in [-0.1, -0.05) is 6.92 Å². The highest BCUT2D eigenvalue weighted by atomic mass is 79.9. The van der Waals surface area contributed by atoms with Crippen LogP contribution in [-0.2, 0) is 6.54 Å². The number of hydrogen-bond donors (Lipinski definition) is 1. The zero-order chi connectivity index (χ0) is 11.3. The van der Waals surface area contributed by atoms with E-state index in [0.717, 1.165) is 16.7 Å². The van der Waals surface area contributed by atoms with Gasteiger partial charge >= 0.3 is 0 Å². The maximum Gasteiger partial charge on any atom is 0.0542 e. The fourth-order valence-electron chi connectivity index (χ4n) is 1.11. The summed E-state index contributed by atoms with van der Waals surface area (Å²) in [5.41, 5.74) is 1.05. The Hall–Kier alpha value is -0.120. The number of nitrogens with zero attached hydrogens (tertiary/aromatic N) is 1. The monoisotopic (exact) mass is 290 g/mol. The van der Waals surface area contributed by atoms with Crippen LogP contribution in [0.3, 0.4) is 0 Å². The molecule has 15 heavy (non-hydrogen) atoms. The smallest absolute Gasteiger partial charge is 0.0542 e. The summed E-state index contributed by atoms with van der Waals surface area (Å²) in [4.78, 5) is 4.29. The standard InChI is InChI=1S/C11H16BrClN2/c1-8(5-13)9(2)14-7-11-4-3-10(12)6-15-11/h3-4,6,8-9,14H,5,7H2,1-2H3. The van der Waals surface area contributed by atoms with Crippen LogP contribution in [0.1, 0.15) is 19.5 Å². The molecular formula is C11H16BrClN2. The van der Waals surface area contributed by atoms with Crippen molar-refractivity contribution in [1.82, 2.24) is 10.3 Å². The molecule has 0 spiro atoms. The molecule has 1 aromatic rings. The predicted octanol–water partition coefficient (Wildman–Crippen LogP) is 3.20. The lowest BCUT2D eigenvalue weighted by molar-refractivity contribution is 0.427. The zero-order valence-electron chi connectivity index (χ0n) is 9.00. The third-order valence-corrected chi connectivity index (χ3v) is 3.45. The van der Waals surface area contributed by atoms with Gasteiger partial charge in [-0.2, -0.15) is 0 Å². The van der Waals surface area contributed by atoms with Gasteiger partial charge in [-0.25, -0.2) is 0 Å². The highest BCUT2D eigenvalue weighted by molar-refractivity contribution is 9.10. The van der Waals surface area contributed by atoms with Crippen molar-refractivity contribution >= 4 is 27.5 Å². The van der Waals surface area contributed by atoms with Crippen molar-refractivity contribution < 1.29 is 0 Å². The molecule has 0 aromatic carbocycles. The molecule has 1 N–H and O–H groups in total. The molecule has 0 saturated carbocycles. The van der Waals surface area contributed by atoms with Crippen LogP contribution < -0.4 is 5.32 Å². The maximum atomic E-state index is 5.79. The fourth-order valence-corrected chi connectivity index (χ4v) is 1.61. The molecule has 1 aromatic heterocycles. The lowest BCUT2D eigenvalue weighted by Crippen LogP contribution is -2.32. The van der Waals surface area contributed by atoms with Gasteiger partial charge in [-0.15, -0.1) is 11.6 Å². The first kappa shape index (κ1) is 12.9. The molecule has 2 atom stereocenters. The summed E-state index contributed by atoms with van der Waals surface area (Å²) in [6.45, 7) is 5.07. The molecule has 0 saturated heterocycles. The summed E-state index contributed by atoms with van der Waals surface area (Å²) in [5.74, 6) is 1.16. The van der Waals surface area contributed by atoms with E-state index in [-0.39, 0.29) is 0 Å². The van der Waals surface area contributed by atoms with Crippen LogP contribution in [0.2, 0.25) is 0 Å². The van der Waals surface area contributed by atoms with Crippen LogP contribution >= 0.6 is 27.5 Å². The Labute approximate surface area is 105 Å². The first-order valence-corrected chi connectivity index (χ1v) is 6.36. The van der Waals surface area contributed by atoms with E-state index in [4.69, 9.17) is 11.6 Å². The summed E-state index contributed by atoms with van der Waals surface area (Å²) >= 11 is 9.15. The number of alkyl halides is 1. The molecule has 84 valence electrons. The van der Waals surface area contributed by atoms with Crippen LogP contribution in [0.25, 0.3) is 0 Å². The van der Waals surface area contributed by atoms with Crippen molar-refractivity contribution in [3.8, 4) is 0 Å². The third kappa shape index (κ3) is 4.49. The van der Waals surface area contributed by atoms with E-state index < -0.39 is 0 Å². The Kier molecular flexibility index (Phi) is 5.58. The second-order valence-electron chi connectivity index (χ2n) is 3.77. The molecule has 0 radical (unpaired) electrons. The normalized spacial score (nSPS) is 14.9. The van der Waals surface area contributed by atoms with Crippen molar-refractivity contribution in [1.29, 1.82) is 0 Å². The Bertz CT molecular complexity index is 289. The molecule has 2 nitrogen and oxygen atoms in total. The van der Waals surface area contributed by atoms with Gasteiger partial charge < -0.3 is 5.32 Å². The molecule has 4 heteroatoms. The summed E-state index contributed by atoms with van der Waals surface area (Å²) in [7, 11) is 0. The van der Waals surface area contributed by atoms with Crippen molar-refractivity contribution in [2.75, 3.05) is 5.88 Å². The number of nitrogens with one attached hydrogen (secondary N) is 1. The second-order valence-corrected chi connectivity index (χ2v) is 4.99. The van der Waals surface area contributed by atoms with Crippen LogP contribution in [0.5, 0.6) is 0 Å². The summed E-state index contributed by atoms with van der Waals surface area (Å²) in [5, 5.41) is 3.41. The van der Waals surface area contributed by atoms with E-state index in [0.29, 0.717) is 17.8 Å². The Morgan fingerprint density at radius 1 is 1.47 bits per heavy atom.